The Morgan fingerprint density at radius 3 is 2.24 bits per heavy atom. The van der Waals surface area contributed by atoms with Gasteiger partial charge in [-0.2, -0.15) is 13.2 Å². The number of halogens is 4. The molecule has 1 nitrogen and oxygen atoms in total. The molecule has 1 aromatic rings. The molecule has 0 aliphatic heterocycles. The third-order valence-electron chi connectivity index (χ3n) is 3.79. The van der Waals surface area contributed by atoms with Crippen molar-refractivity contribution in [3.8, 4) is 0 Å². The van der Waals surface area contributed by atoms with Crippen LogP contribution in [0.25, 0.3) is 0 Å². The second-order valence-corrected chi connectivity index (χ2v) is 6.15. The van der Waals surface area contributed by atoms with Crippen LogP contribution >= 0.6 is 15.9 Å². The maximum atomic E-state index is 13.3. The normalized spacial score (nSPS) is 13.7. The van der Waals surface area contributed by atoms with Gasteiger partial charge in [-0.25, -0.2) is 0 Å². The molecule has 1 N–H and O–H groups in total. The number of rotatable bonds is 7. The summed E-state index contributed by atoms with van der Waals surface area (Å²) in [5.74, 6) is 0.193. The van der Waals surface area contributed by atoms with Gasteiger partial charge in [0.1, 0.15) is 0 Å². The molecule has 0 amide bonds. The summed E-state index contributed by atoms with van der Waals surface area (Å²) in [4.78, 5) is 0. The maximum absolute atomic E-state index is 13.3. The second-order valence-electron chi connectivity index (χ2n) is 5.24. The van der Waals surface area contributed by atoms with Gasteiger partial charge >= 0.3 is 6.18 Å². The first kappa shape index (κ1) is 18.5. The van der Waals surface area contributed by atoms with E-state index < -0.39 is 11.7 Å². The van der Waals surface area contributed by atoms with Crippen LogP contribution < -0.4 is 5.32 Å². The van der Waals surface area contributed by atoms with Crippen molar-refractivity contribution in [3.05, 3.63) is 33.8 Å². The van der Waals surface area contributed by atoms with E-state index in [4.69, 9.17) is 0 Å². The Labute approximate surface area is 133 Å². The standard InChI is InChI=1S/C16H23BrF3N/c1-4-9-21-15(11(5-2)6-3)13-8-7-12(17)10-14(13)16(18,19)20/h7-8,10-11,15,21H,4-6,9H2,1-3H3. The van der Waals surface area contributed by atoms with E-state index in [0.29, 0.717) is 16.6 Å². The highest BCUT2D eigenvalue weighted by molar-refractivity contribution is 9.10. The van der Waals surface area contributed by atoms with Crippen LogP contribution in [0, 0.1) is 5.92 Å². The van der Waals surface area contributed by atoms with Crippen molar-refractivity contribution < 1.29 is 13.2 Å². The molecule has 0 radical (unpaired) electrons. The largest absolute Gasteiger partial charge is 0.416 e. The number of hydrogen-bond acceptors (Lipinski definition) is 1. The average molecular weight is 366 g/mol. The monoisotopic (exact) mass is 365 g/mol. The molecule has 1 atom stereocenters. The molecule has 1 unspecified atom stereocenters. The quantitative estimate of drug-likeness (QED) is 0.629. The summed E-state index contributed by atoms with van der Waals surface area (Å²) in [6.07, 6.45) is -1.73. The van der Waals surface area contributed by atoms with Crippen molar-refractivity contribution in [2.24, 2.45) is 5.92 Å². The minimum absolute atomic E-state index is 0.193. The predicted octanol–water partition coefficient (Wildman–Crippen LogP) is 5.94. The number of hydrogen-bond donors (Lipinski definition) is 1. The molecule has 1 aromatic carbocycles. The van der Waals surface area contributed by atoms with Crippen LogP contribution in [0.3, 0.4) is 0 Å². The minimum Gasteiger partial charge on any atom is -0.310 e. The van der Waals surface area contributed by atoms with Crippen LogP contribution in [0.15, 0.2) is 22.7 Å². The zero-order chi connectivity index (χ0) is 16.0. The van der Waals surface area contributed by atoms with Crippen molar-refractivity contribution in [2.45, 2.75) is 52.3 Å². The van der Waals surface area contributed by atoms with Crippen molar-refractivity contribution in [3.63, 3.8) is 0 Å². The van der Waals surface area contributed by atoms with E-state index in [1.807, 2.05) is 20.8 Å². The van der Waals surface area contributed by atoms with E-state index in [1.165, 1.54) is 6.07 Å². The summed E-state index contributed by atoms with van der Waals surface area (Å²) in [7, 11) is 0. The van der Waals surface area contributed by atoms with Gasteiger partial charge in [0.2, 0.25) is 0 Å². The summed E-state index contributed by atoms with van der Waals surface area (Å²) in [5, 5.41) is 3.30. The summed E-state index contributed by atoms with van der Waals surface area (Å²) in [6.45, 7) is 6.79. The lowest BCUT2D eigenvalue weighted by Crippen LogP contribution is -2.30. The Morgan fingerprint density at radius 2 is 1.76 bits per heavy atom. The zero-order valence-corrected chi connectivity index (χ0v) is 14.3. The lowest BCUT2D eigenvalue weighted by molar-refractivity contribution is -0.138. The van der Waals surface area contributed by atoms with Crippen LogP contribution in [0.2, 0.25) is 0 Å². The number of alkyl halides is 3. The van der Waals surface area contributed by atoms with E-state index >= 15 is 0 Å². The molecule has 0 saturated heterocycles. The molecule has 120 valence electrons. The van der Waals surface area contributed by atoms with Crippen LogP contribution in [0.5, 0.6) is 0 Å². The van der Waals surface area contributed by atoms with Crippen molar-refractivity contribution in [1.82, 2.24) is 5.32 Å². The van der Waals surface area contributed by atoms with E-state index in [1.54, 1.807) is 12.1 Å². The van der Waals surface area contributed by atoms with Crippen molar-refractivity contribution in [2.75, 3.05) is 6.54 Å². The first-order valence-corrected chi connectivity index (χ1v) is 8.24. The van der Waals surface area contributed by atoms with Gasteiger partial charge in [0, 0.05) is 10.5 Å². The molecule has 1 rings (SSSR count). The van der Waals surface area contributed by atoms with Crippen LogP contribution in [0.4, 0.5) is 13.2 Å². The van der Waals surface area contributed by atoms with Gasteiger partial charge in [0.15, 0.2) is 0 Å². The van der Waals surface area contributed by atoms with Gasteiger partial charge in [-0.05, 0) is 36.6 Å². The topological polar surface area (TPSA) is 12.0 Å². The molecule has 0 heterocycles. The Bertz CT molecular complexity index is 442. The fraction of sp³-hybridized carbons (Fsp3) is 0.625. The third kappa shape index (κ3) is 4.99. The Morgan fingerprint density at radius 1 is 1.14 bits per heavy atom. The molecule has 0 aliphatic rings. The van der Waals surface area contributed by atoms with Crippen molar-refractivity contribution in [1.29, 1.82) is 0 Å². The predicted molar refractivity (Wildman–Crippen MR) is 84.3 cm³/mol. The average Bonchev–Trinajstić information content (AvgIpc) is 2.43. The van der Waals surface area contributed by atoms with Crippen LogP contribution in [-0.4, -0.2) is 6.54 Å². The highest BCUT2D eigenvalue weighted by Gasteiger charge is 2.36. The molecule has 0 spiro atoms. The summed E-state index contributed by atoms with van der Waals surface area (Å²) in [5.41, 5.74) is -0.190. The highest BCUT2D eigenvalue weighted by atomic mass is 79.9. The molecule has 0 saturated carbocycles. The molecule has 0 fully saturated rings. The summed E-state index contributed by atoms with van der Waals surface area (Å²) in [6, 6.07) is 4.20. The minimum atomic E-state index is -4.34. The van der Waals surface area contributed by atoms with Crippen LogP contribution in [0.1, 0.15) is 57.2 Å². The van der Waals surface area contributed by atoms with Crippen molar-refractivity contribution >= 4 is 15.9 Å². The fourth-order valence-electron chi connectivity index (χ4n) is 2.64. The molecular weight excluding hydrogens is 343 g/mol. The van der Waals surface area contributed by atoms with E-state index in [9.17, 15) is 13.2 Å². The molecular formula is C16H23BrF3N. The maximum Gasteiger partial charge on any atom is 0.416 e. The molecule has 0 aliphatic carbocycles. The second kappa shape index (κ2) is 8.18. The third-order valence-corrected chi connectivity index (χ3v) is 4.28. The van der Waals surface area contributed by atoms with Gasteiger partial charge < -0.3 is 5.32 Å². The SMILES string of the molecule is CCCNC(c1ccc(Br)cc1C(F)(F)F)C(CC)CC. The molecule has 21 heavy (non-hydrogen) atoms. The first-order valence-electron chi connectivity index (χ1n) is 7.45. The Kier molecular flexibility index (Phi) is 7.21. The lowest BCUT2D eigenvalue weighted by atomic mass is 9.86. The van der Waals surface area contributed by atoms with Gasteiger partial charge in [-0.1, -0.05) is 55.6 Å². The van der Waals surface area contributed by atoms with Gasteiger partial charge in [-0.15, -0.1) is 0 Å². The first-order chi connectivity index (χ1) is 9.85. The number of benzene rings is 1. The molecule has 5 heteroatoms. The van der Waals surface area contributed by atoms with Gasteiger partial charge in [0.25, 0.3) is 0 Å². The smallest absolute Gasteiger partial charge is 0.310 e. The summed E-state index contributed by atoms with van der Waals surface area (Å²) >= 11 is 3.14. The van der Waals surface area contributed by atoms with Crippen LogP contribution in [-0.2, 0) is 6.18 Å². The Balaban J connectivity index is 3.29. The van der Waals surface area contributed by atoms with Gasteiger partial charge in [0.05, 0.1) is 5.56 Å². The molecule has 0 bridgehead atoms. The van der Waals surface area contributed by atoms with E-state index in [0.717, 1.165) is 19.3 Å². The fourth-order valence-corrected chi connectivity index (χ4v) is 3.00. The summed E-state index contributed by atoms with van der Waals surface area (Å²) < 4.78 is 40.5. The highest BCUT2D eigenvalue weighted by Crippen LogP contribution is 2.39. The number of nitrogens with one attached hydrogen (secondary N) is 1. The lowest BCUT2D eigenvalue weighted by Gasteiger charge is -2.29. The molecule has 0 aromatic heterocycles. The van der Waals surface area contributed by atoms with E-state index in [2.05, 4.69) is 21.2 Å². The zero-order valence-electron chi connectivity index (χ0n) is 12.7. The van der Waals surface area contributed by atoms with Gasteiger partial charge in [-0.3, -0.25) is 0 Å². The Hall–Kier alpha value is -0.550. The van der Waals surface area contributed by atoms with E-state index in [-0.39, 0.29) is 12.0 Å².